The molecule has 0 saturated carbocycles. The summed E-state index contributed by atoms with van der Waals surface area (Å²) in [4.78, 5) is 11.7. The van der Waals surface area contributed by atoms with Gasteiger partial charge in [0.1, 0.15) is 6.61 Å². The lowest BCUT2D eigenvalue weighted by Crippen LogP contribution is -2.37. The average Bonchev–Trinajstić information content (AvgIpc) is 2.53. The lowest BCUT2D eigenvalue weighted by Gasteiger charge is -2.15. The Morgan fingerprint density at radius 1 is 1.05 bits per heavy atom. The van der Waals surface area contributed by atoms with Gasteiger partial charge in [0, 0.05) is 18.3 Å². The first-order chi connectivity index (χ1) is 10.2. The molecule has 0 bridgehead atoms. The second-order valence-corrected chi connectivity index (χ2v) is 4.85. The van der Waals surface area contributed by atoms with Crippen LogP contribution in [-0.2, 0) is 11.3 Å². The Morgan fingerprint density at radius 2 is 1.67 bits per heavy atom. The topological polar surface area (TPSA) is 50.4 Å². The molecular formula is C17H20N2O2. The zero-order valence-electron chi connectivity index (χ0n) is 12.1. The van der Waals surface area contributed by atoms with Crippen molar-refractivity contribution in [2.24, 2.45) is 0 Å². The summed E-state index contributed by atoms with van der Waals surface area (Å²) in [5.74, 6) is 0. The minimum Gasteiger partial charge on any atom is -0.445 e. The zero-order valence-corrected chi connectivity index (χ0v) is 12.1. The van der Waals surface area contributed by atoms with Gasteiger partial charge >= 0.3 is 6.09 Å². The summed E-state index contributed by atoms with van der Waals surface area (Å²) in [6, 6.07) is 19.5. The third-order valence-electron chi connectivity index (χ3n) is 2.96. The second-order valence-electron chi connectivity index (χ2n) is 4.85. The van der Waals surface area contributed by atoms with Crippen LogP contribution in [0.2, 0.25) is 0 Å². The van der Waals surface area contributed by atoms with Gasteiger partial charge in [-0.2, -0.15) is 0 Å². The number of nitrogens with one attached hydrogen (secondary N) is 2. The molecule has 1 unspecified atom stereocenters. The number of hydrogen-bond donors (Lipinski definition) is 2. The highest BCUT2D eigenvalue weighted by Crippen LogP contribution is 2.05. The Balaban J connectivity index is 1.67. The van der Waals surface area contributed by atoms with E-state index in [0.717, 1.165) is 11.3 Å². The van der Waals surface area contributed by atoms with Crippen molar-refractivity contribution in [3.05, 3.63) is 66.2 Å². The number of hydrogen-bond acceptors (Lipinski definition) is 3. The fraction of sp³-hybridized carbons (Fsp3) is 0.235. The monoisotopic (exact) mass is 284 g/mol. The van der Waals surface area contributed by atoms with Crippen LogP contribution in [0.3, 0.4) is 0 Å². The van der Waals surface area contributed by atoms with Crippen LogP contribution in [0.1, 0.15) is 12.5 Å². The summed E-state index contributed by atoms with van der Waals surface area (Å²) in [6.45, 7) is 2.86. The summed E-state index contributed by atoms with van der Waals surface area (Å²) in [6.07, 6.45) is -0.402. The summed E-state index contributed by atoms with van der Waals surface area (Å²) >= 11 is 0. The first-order valence-electron chi connectivity index (χ1n) is 7.00. The smallest absolute Gasteiger partial charge is 0.407 e. The van der Waals surface area contributed by atoms with E-state index in [-0.39, 0.29) is 12.6 Å². The Morgan fingerprint density at radius 3 is 2.33 bits per heavy atom. The number of rotatable bonds is 6. The number of para-hydroxylation sites is 1. The molecule has 0 heterocycles. The van der Waals surface area contributed by atoms with E-state index in [2.05, 4.69) is 10.6 Å². The Kier molecular flexibility index (Phi) is 5.64. The maximum Gasteiger partial charge on any atom is 0.407 e. The third-order valence-corrected chi connectivity index (χ3v) is 2.96. The number of carbonyl (C=O) groups is 1. The fourth-order valence-electron chi connectivity index (χ4n) is 1.84. The highest BCUT2D eigenvalue weighted by Gasteiger charge is 2.08. The van der Waals surface area contributed by atoms with Crippen molar-refractivity contribution < 1.29 is 9.53 Å². The van der Waals surface area contributed by atoms with Gasteiger partial charge in [0.15, 0.2) is 0 Å². The molecule has 0 aliphatic carbocycles. The van der Waals surface area contributed by atoms with E-state index < -0.39 is 6.09 Å². The Bertz CT molecular complexity index is 543. The van der Waals surface area contributed by atoms with E-state index in [1.54, 1.807) is 0 Å². The lowest BCUT2D eigenvalue weighted by atomic mass is 10.2. The molecular weight excluding hydrogens is 264 g/mol. The molecule has 2 rings (SSSR count). The fourth-order valence-corrected chi connectivity index (χ4v) is 1.84. The van der Waals surface area contributed by atoms with E-state index in [9.17, 15) is 4.79 Å². The molecule has 0 aliphatic heterocycles. The van der Waals surface area contributed by atoms with Crippen LogP contribution in [0.15, 0.2) is 60.7 Å². The molecule has 0 spiro atoms. The van der Waals surface area contributed by atoms with Gasteiger partial charge in [-0.25, -0.2) is 4.79 Å². The SMILES string of the molecule is CC(CNc1ccccc1)NC(=O)OCc1ccccc1. The standard InChI is InChI=1S/C17H20N2O2/c1-14(12-18-16-10-6-3-7-11-16)19-17(20)21-13-15-8-4-2-5-9-15/h2-11,14,18H,12-13H2,1H3,(H,19,20). The maximum absolute atomic E-state index is 11.7. The van der Waals surface area contributed by atoms with E-state index in [1.807, 2.05) is 67.6 Å². The molecule has 2 N–H and O–H groups in total. The van der Waals surface area contributed by atoms with Gasteiger partial charge in [-0.3, -0.25) is 0 Å². The summed E-state index contributed by atoms with van der Waals surface area (Å²) in [5, 5.41) is 6.05. The molecule has 0 aromatic heterocycles. The van der Waals surface area contributed by atoms with Gasteiger partial charge in [0.05, 0.1) is 0 Å². The van der Waals surface area contributed by atoms with Crippen molar-refractivity contribution in [1.82, 2.24) is 5.32 Å². The van der Waals surface area contributed by atoms with Gasteiger partial charge in [-0.1, -0.05) is 48.5 Å². The van der Waals surface area contributed by atoms with E-state index in [0.29, 0.717) is 6.54 Å². The zero-order chi connectivity index (χ0) is 14.9. The van der Waals surface area contributed by atoms with Crippen LogP contribution in [0.25, 0.3) is 0 Å². The van der Waals surface area contributed by atoms with Crippen LogP contribution in [-0.4, -0.2) is 18.7 Å². The van der Waals surface area contributed by atoms with Crippen molar-refractivity contribution in [1.29, 1.82) is 0 Å². The highest BCUT2D eigenvalue weighted by molar-refractivity contribution is 5.67. The number of ether oxygens (including phenoxy) is 1. The molecule has 4 nitrogen and oxygen atoms in total. The number of benzene rings is 2. The van der Waals surface area contributed by atoms with Crippen molar-refractivity contribution in [2.75, 3.05) is 11.9 Å². The quantitative estimate of drug-likeness (QED) is 0.854. The van der Waals surface area contributed by atoms with Crippen molar-refractivity contribution >= 4 is 11.8 Å². The maximum atomic E-state index is 11.7. The second kappa shape index (κ2) is 7.94. The van der Waals surface area contributed by atoms with Crippen LogP contribution >= 0.6 is 0 Å². The number of anilines is 1. The number of amides is 1. The van der Waals surface area contributed by atoms with Gasteiger partial charge < -0.3 is 15.4 Å². The van der Waals surface area contributed by atoms with E-state index in [4.69, 9.17) is 4.74 Å². The van der Waals surface area contributed by atoms with E-state index >= 15 is 0 Å². The highest BCUT2D eigenvalue weighted by atomic mass is 16.5. The summed E-state index contributed by atoms with van der Waals surface area (Å²) in [5.41, 5.74) is 2.01. The molecule has 0 aliphatic rings. The molecule has 4 heteroatoms. The largest absolute Gasteiger partial charge is 0.445 e. The van der Waals surface area contributed by atoms with Gasteiger partial charge in [0.2, 0.25) is 0 Å². The minimum absolute atomic E-state index is 0.0199. The van der Waals surface area contributed by atoms with Crippen molar-refractivity contribution in [3.63, 3.8) is 0 Å². The third kappa shape index (κ3) is 5.57. The normalized spacial score (nSPS) is 11.5. The predicted octanol–water partition coefficient (Wildman–Crippen LogP) is 3.41. The molecule has 21 heavy (non-hydrogen) atoms. The van der Waals surface area contributed by atoms with E-state index in [1.165, 1.54) is 0 Å². The Labute approximate surface area is 125 Å². The van der Waals surface area contributed by atoms with Crippen LogP contribution in [0.4, 0.5) is 10.5 Å². The van der Waals surface area contributed by atoms with Crippen LogP contribution in [0.5, 0.6) is 0 Å². The van der Waals surface area contributed by atoms with Gasteiger partial charge in [0.25, 0.3) is 0 Å². The van der Waals surface area contributed by atoms with Crippen molar-refractivity contribution in [3.8, 4) is 0 Å². The van der Waals surface area contributed by atoms with Crippen LogP contribution < -0.4 is 10.6 Å². The molecule has 1 atom stereocenters. The molecule has 0 saturated heterocycles. The first-order valence-corrected chi connectivity index (χ1v) is 7.00. The molecule has 2 aromatic carbocycles. The predicted molar refractivity (Wildman–Crippen MR) is 84.2 cm³/mol. The van der Waals surface area contributed by atoms with Crippen LogP contribution in [0, 0.1) is 0 Å². The number of alkyl carbamates (subject to hydrolysis) is 1. The van der Waals surface area contributed by atoms with Crippen molar-refractivity contribution in [2.45, 2.75) is 19.6 Å². The Hall–Kier alpha value is -2.49. The average molecular weight is 284 g/mol. The number of carbonyl (C=O) groups excluding carboxylic acids is 1. The molecule has 110 valence electrons. The van der Waals surface area contributed by atoms with Gasteiger partial charge in [-0.15, -0.1) is 0 Å². The summed E-state index contributed by atoms with van der Waals surface area (Å²) in [7, 11) is 0. The molecule has 0 radical (unpaired) electrons. The molecule has 1 amide bonds. The first kappa shape index (κ1) is 14.9. The van der Waals surface area contributed by atoms with Gasteiger partial charge in [-0.05, 0) is 24.6 Å². The molecule has 0 fully saturated rings. The minimum atomic E-state index is -0.402. The summed E-state index contributed by atoms with van der Waals surface area (Å²) < 4.78 is 5.17. The molecule has 2 aromatic rings. The lowest BCUT2D eigenvalue weighted by molar-refractivity contribution is 0.137.